The van der Waals surface area contributed by atoms with Crippen LogP contribution in [0.5, 0.6) is 0 Å². The van der Waals surface area contributed by atoms with E-state index in [-0.39, 0.29) is 18.9 Å². The van der Waals surface area contributed by atoms with E-state index in [1.54, 1.807) is 6.07 Å². The van der Waals surface area contributed by atoms with Gasteiger partial charge in [0.05, 0.1) is 17.9 Å². The highest BCUT2D eigenvalue weighted by Crippen LogP contribution is 2.32. The van der Waals surface area contributed by atoms with Crippen molar-refractivity contribution >= 4 is 27.3 Å². The molecule has 0 saturated heterocycles. The van der Waals surface area contributed by atoms with Crippen LogP contribution in [0.1, 0.15) is 11.6 Å². The molecule has 1 aromatic carbocycles. The molecule has 0 aliphatic carbocycles. The van der Waals surface area contributed by atoms with Crippen molar-refractivity contribution < 1.29 is 13.2 Å². The molecular formula is C12H11BrF3N5. The van der Waals surface area contributed by atoms with Gasteiger partial charge in [-0.05, 0) is 18.2 Å². The summed E-state index contributed by atoms with van der Waals surface area (Å²) in [6, 6.07) is 5.40. The molecule has 112 valence electrons. The number of aromatic nitrogens is 3. The highest BCUT2D eigenvalue weighted by Gasteiger charge is 2.39. The van der Waals surface area contributed by atoms with E-state index in [0.717, 1.165) is 14.7 Å². The Morgan fingerprint density at radius 2 is 1.95 bits per heavy atom. The van der Waals surface area contributed by atoms with Gasteiger partial charge >= 0.3 is 6.18 Å². The summed E-state index contributed by atoms with van der Waals surface area (Å²) in [6.07, 6.45) is -4.48. The van der Waals surface area contributed by atoms with Crippen LogP contribution in [0.3, 0.4) is 0 Å². The van der Waals surface area contributed by atoms with Gasteiger partial charge in [-0.25, -0.2) is 0 Å². The second-order valence-electron chi connectivity index (χ2n) is 4.71. The lowest BCUT2D eigenvalue weighted by Crippen LogP contribution is -2.35. The summed E-state index contributed by atoms with van der Waals surface area (Å²) in [7, 11) is 0. The lowest BCUT2D eigenvalue weighted by molar-refractivity contribution is -0.147. The Labute approximate surface area is 126 Å². The minimum absolute atomic E-state index is 0.170. The van der Waals surface area contributed by atoms with Gasteiger partial charge in [-0.3, -0.25) is 0 Å². The lowest BCUT2D eigenvalue weighted by Gasteiger charge is -2.30. The first-order valence-electron chi connectivity index (χ1n) is 6.15. The van der Waals surface area contributed by atoms with Crippen LogP contribution in [-0.2, 0) is 19.3 Å². The summed E-state index contributed by atoms with van der Waals surface area (Å²) in [5.41, 5.74) is 7.27. The van der Waals surface area contributed by atoms with Crippen LogP contribution in [0.15, 0.2) is 22.7 Å². The number of rotatable bonds is 1. The van der Waals surface area contributed by atoms with Crippen molar-refractivity contribution in [3.8, 4) is 0 Å². The van der Waals surface area contributed by atoms with E-state index in [4.69, 9.17) is 5.73 Å². The molecule has 21 heavy (non-hydrogen) atoms. The molecule has 1 aliphatic heterocycles. The van der Waals surface area contributed by atoms with Gasteiger partial charge < -0.3 is 15.2 Å². The Hall–Kier alpha value is -1.77. The summed E-state index contributed by atoms with van der Waals surface area (Å²) in [5.74, 6) is -0.660. The zero-order valence-electron chi connectivity index (χ0n) is 10.7. The number of fused-ring (bicyclic) bond motifs is 1. The highest BCUT2D eigenvalue weighted by atomic mass is 79.9. The van der Waals surface area contributed by atoms with Crippen LogP contribution in [0.25, 0.3) is 0 Å². The highest BCUT2D eigenvalue weighted by molar-refractivity contribution is 9.10. The fraction of sp³-hybridized carbons (Fsp3) is 0.333. The van der Waals surface area contributed by atoms with Crippen molar-refractivity contribution in [2.75, 3.05) is 17.2 Å². The number of halogens is 4. The molecule has 3 rings (SSSR count). The van der Waals surface area contributed by atoms with E-state index < -0.39 is 12.0 Å². The standard InChI is InChI=1S/C12H11BrF3N5/c13-7-1-2-8(17)9(5-7)20-3-4-21-10(6-20)18-19-11(21)12(14,15)16/h1-2,5H,3-4,6,17H2. The Bertz CT molecular complexity index is 682. The predicted octanol–water partition coefficient (Wildman–Crippen LogP) is 2.66. The predicted molar refractivity (Wildman–Crippen MR) is 74.6 cm³/mol. The molecule has 2 heterocycles. The number of benzene rings is 1. The molecule has 0 unspecified atom stereocenters. The van der Waals surface area contributed by atoms with Gasteiger partial charge in [0.1, 0.15) is 0 Å². The van der Waals surface area contributed by atoms with Crippen molar-refractivity contribution in [1.82, 2.24) is 14.8 Å². The van der Waals surface area contributed by atoms with Crippen LogP contribution in [0.4, 0.5) is 24.5 Å². The fourth-order valence-electron chi connectivity index (χ4n) is 2.36. The fourth-order valence-corrected chi connectivity index (χ4v) is 2.71. The number of nitrogens with two attached hydrogens (primary N) is 1. The first kappa shape index (κ1) is 14.2. The molecule has 1 aliphatic rings. The van der Waals surface area contributed by atoms with Crippen LogP contribution in [-0.4, -0.2) is 21.3 Å². The van der Waals surface area contributed by atoms with E-state index in [9.17, 15) is 13.2 Å². The quantitative estimate of drug-likeness (QED) is 0.793. The number of nitrogen functional groups attached to an aromatic ring is 1. The van der Waals surface area contributed by atoms with Crippen molar-refractivity contribution in [2.45, 2.75) is 19.3 Å². The third kappa shape index (κ3) is 2.57. The molecule has 5 nitrogen and oxygen atoms in total. The van der Waals surface area contributed by atoms with Crippen LogP contribution < -0.4 is 10.6 Å². The maximum atomic E-state index is 12.8. The zero-order chi connectivity index (χ0) is 15.2. The molecule has 9 heteroatoms. The molecule has 0 amide bonds. The van der Waals surface area contributed by atoms with Gasteiger partial charge in [0.15, 0.2) is 5.82 Å². The molecule has 0 radical (unpaired) electrons. The first-order chi connectivity index (χ1) is 9.86. The van der Waals surface area contributed by atoms with E-state index >= 15 is 0 Å². The van der Waals surface area contributed by atoms with Crippen LogP contribution in [0.2, 0.25) is 0 Å². The average Bonchev–Trinajstić information content (AvgIpc) is 2.84. The largest absolute Gasteiger partial charge is 0.451 e. The first-order valence-corrected chi connectivity index (χ1v) is 6.95. The summed E-state index contributed by atoms with van der Waals surface area (Å²) in [5, 5.41) is 6.91. The summed E-state index contributed by atoms with van der Waals surface area (Å²) >= 11 is 3.36. The maximum Gasteiger partial charge on any atom is 0.451 e. The smallest absolute Gasteiger partial charge is 0.397 e. The molecule has 0 fully saturated rings. The van der Waals surface area contributed by atoms with Gasteiger partial charge in [0.25, 0.3) is 0 Å². The van der Waals surface area contributed by atoms with E-state index in [1.165, 1.54) is 0 Å². The van der Waals surface area contributed by atoms with Gasteiger partial charge in [-0.15, -0.1) is 10.2 Å². The van der Waals surface area contributed by atoms with Crippen molar-refractivity contribution in [2.24, 2.45) is 0 Å². The number of hydrogen-bond acceptors (Lipinski definition) is 4. The van der Waals surface area contributed by atoms with Crippen LogP contribution in [0, 0.1) is 0 Å². The van der Waals surface area contributed by atoms with E-state index in [0.29, 0.717) is 12.2 Å². The summed E-state index contributed by atoms with van der Waals surface area (Å²) < 4.78 is 40.3. The molecule has 2 N–H and O–H groups in total. The SMILES string of the molecule is Nc1ccc(Br)cc1N1CCn2c(nnc2C(F)(F)F)C1. The van der Waals surface area contributed by atoms with Crippen LogP contribution >= 0.6 is 15.9 Å². The van der Waals surface area contributed by atoms with Crippen molar-refractivity contribution in [3.05, 3.63) is 34.3 Å². The molecule has 0 atom stereocenters. The lowest BCUT2D eigenvalue weighted by atomic mass is 10.2. The Morgan fingerprint density at radius 3 is 2.67 bits per heavy atom. The number of anilines is 2. The molecule has 2 aromatic rings. The number of hydrogen-bond donors (Lipinski definition) is 1. The van der Waals surface area contributed by atoms with Crippen molar-refractivity contribution in [3.63, 3.8) is 0 Å². The van der Waals surface area contributed by atoms with Crippen molar-refractivity contribution in [1.29, 1.82) is 0 Å². The minimum Gasteiger partial charge on any atom is -0.397 e. The molecular weight excluding hydrogens is 351 g/mol. The summed E-state index contributed by atoms with van der Waals surface area (Å²) in [4.78, 5) is 1.89. The zero-order valence-corrected chi connectivity index (χ0v) is 12.3. The Morgan fingerprint density at radius 1 is 1.19 bits per heavy atom. The average molecular weight is 362 g/mol. The van der Waals surface area contributed by atoms with E-state index in [2.05, 4.69) is 26.1 Å². The van der Waals surface area contributed by atoms with Gasteiger partial charge in [0, 0.05) is 17.6 Å². The molecule has 1 aromatic heterocycles. The summed E-state index contributed by atoms with van der Waals surface area (Å²) in [6.45, 7) is 0.821. The Kier molecular flexibility index (Phi) is 3.31. The second-order valence-corrected chi connectivity index (χ2v) is 5.63. The second kappa shape index (κ2) is 4.90. The molecule has 0 saturated carbocycles. The van der Waals surface area contributed by atoms with E-state index in [1.807, 2.05) is 17.0 Å². The normalized spacial score (nSPS) is 15.1. The van der Waals surface area contributed by atoms with Gasteiger partial charge in [0.2, 0.25) is 5.82 Å². The minimum atomic E-state index is -4.48. The van der Waals surface area contributed by atoms with Gasteiger partial charge in [-0.1, -0.05) is 15.9 Å². The maximum absolute atomic E-state index is 12.8. The third-order valence-electron chi connectivity index (χ3n) is 3.34. The third-order valence-corrected chi connectivity index (χ3v) is 3.83. The monoisotopic (exact) mass is 361 g/mol. The topological polar surface area (TPSA) is 60.0 Å². The number of nitrogens with zero attached hydrogens (tertiary/aromatic N) is 4. The molecule has 0 bridgehead atoms. The number of alkyl halides is 3. The van der Waals surface area contributed by atoms with Gasteiger partial charge in [-0.2, -0.15) is 13.2 Å². The Balaban J connectivity index is 1.92. The molecule has 0 spiro atoms.